The highest BCUT2D eigenvalue weighted by Crippen LogP contribution is 2.28. The molecule has 0 radical (unpaired) electrons. The molecule has 160 valence electrons. The second-order valence-electron chi connectivity index (χ2n) is 7.26. The maximum atomic E-state index is 12.6. The summed E-state index contributed by atoms with van der Waals surface area (Å²) in [5.41, 5.74) is 1.95. The average Bonchev–Trinajstić information content (AvgIpc) is 2.80. The van der Waals surface area contributed by atoms with E-state index in [4.69, 9.17) is 27.9 Å². The van der Waals surface area contributed by atoms with Crippen LogP contribution in [0.4, 0.5) is 5.82 Å². The molecule has 1 fully saturated rings. The van der Waals surface area contributed by atoms with Crippen LogP contribution in [0.3, 0.4) is 0 Å². The number of carbonyl (C=O) groups is 1. The Morgan fingerprint density at radius 3 is 2.48 bits per heavy atom. The van der Waals surface area contributed by atoms with E-state index in [1.807, 2.05) is 43.3 Å². The Bertz CT molecular complexity index is 1070. The van der Waals surface area contributed by atoms with Gasteiger partial charge < -0.3 is 14.5 Å². The largest absolute Gasteiger partial charge is 0.482 e. The Hall–Kier alpha value is -2.83. The Morgan fingerprint density at radius 1 is 1.00 bits per heavy atom. The van der Waals surface area contributed by atoms with E-state index in [1.54, 1.807) is 23.1 Å². The molecule has 0 unspecified atom stereocenters. The molecule has 3 aromatic rings. The molecule has 1 amide bonds. The number of carbonyl (C=O) groups excluding carboxylic acids is 1. The van der Waals surface area contributed by atoms with E-state index in [0.717, 1.165) is 22.9 Å². The van der Waals surface area contributed by atoms with Gasteiger partial charge in [0.2, 0.25) is 0 Å². The minimum absolute atomic E-state index is 0.0785. The highest BCUT2D eigenvalue weighted by molar-refractivity contribution is 6.34. The lowest BCUT2D eigenvalue weighted by Gasteiger charge is -2.35. The zero-order valence-electron chi connectivity index (χ0n) is 17.1. The van der Waals surface area contributed by atoms with Crippen LogP contribution in [0.2, 0.25) is 10.0 Å². The molecule has 0 spiro atoms. The number of anilines is 1. The number of nitrogens with zero attached hydrogens (tertiary/aromatic N) is 4. The molecule has 0 aliphatic carbocycles. The molecule has 0 N–H and O–H groups in total. The molecule has 2 aromatic carbocycles. The molecule has 0 atom stereocenters. The molecule has 6 nitrogen and oxygen atoms in total. The second kappa shape index (κ2) is 9.54. The number of rotatable bonds is 5. The van der Waals surface area contributed by atoms with Crippen molar-refractivity contribution in [2.45, 2.75) is 6.92 Å². The van der Waals surface area contributed by atoms with Gasteiger partial charge in [-0.05, 0) is 19.1 Å². The quantitative estimate of drug-likeness (QED) is 0.565. The SMILES string of the molecule is Cc1nc(-c2ccccc2)cc(N2CCN(C(=O)COc3cc(Cl)ccc3Cl)CC2)n1. The third-order valence-electron chi connectivity index (χ3n) is 5.09. The van der Waals surface area contributed by atoms with E-state index in [2.05, 4.69) is 14.9 Å². The van der Waals surface area contributed by atoms with Crippen LogP contribution in [0.5, 0.6) is 5.75 Å². The van der Waals surface area contributed by atoms with Crippen LogP contribution in [-0.4, -0.2) is 53.6 Å². The minimum Gasteiger partial charge on any atom is -0.482 e. The first-order chi connectivity index (χ1) is 15.0. The maximum Gasteiger partial charge on any atom is 0.260 e. The first kappa shape index (κ1) is 21.4. The van der Waals surface area contributed by atoms with Gasteiger partial charge in [-0.3, -0.25) is 4.79 Å². The van der Waals surface area contributed by atoms with Crippen molar-refractivity contribution in [2.75, 3.05) is 37.7 Å². The minimum atomic E-state index is -0.0838. The predicted molar refractivity (Wildman–Crippen MR) is 123 cm³/mol. The molecule has 8 heteroatoms. The van der Waals surface area contributed by atoms with Gasteiger partial charge in [0, 0.05) is 48.9 Å². The molecular weight excluding hydrogens is 435 g/mol. The maximum absolute atomic E-state index is 12.6. The molecule has 4 rings (SSSR count). The van der Waals surface area contributed by atoms with Crippen molar-refractivity contribution in [1.29, 1.82) is 0 Å². The third-order valence-corrected chi connectivity index (χ3v) is 5.64. The fourth-order valence-electron chi connectivity index (χ4n) is 3.47. The van der Waals surface area contributed by atoms with E-state index in [-0.39, 0.29) is 12.5 Å². The van der Waals surface area contributed by atoms with Gasteiger partial charge in [-0.2, -0.15) is 0 Å². The van der Waals surface area contributed by atoms with E-state index < -0.39 is 0 Å². The van der Waals surface area contributed by atoms with Crippen molar-refractivity contribution >= 4 is 34.9 Å². The van der Waals surface area contributed by atoms with Crippen LogP contribution >= 0.6 is 23.2 Å². The molecule has 1 saturated heterocycles. The number of hydrogen-bond donors (Lipinski definition) is 0. The Balaban J connectivity index is 1.37. The monoisotopic (exact) mass is 456 g/mol. The standard InChI is InChI=1S/C23H22Cl2N4O2/c1-16-26-20(17-5-3-2-4-6-17)14-22(27-16)28-9-11-29(12-10-28)23(30)15-31-21-13-18(24)7-8-19(21)25/h2-8,13-14H,9-12,15H2,1H3. The van der Waals surface area contributed by atoms with Crippen LogP contribution in [0.15, 0.2) is 54.6 Å². The van der Waals surface area contributed by atoms with Crippen LogP contribution < -0.4 is 9.64 Å². The third kappa shape index (κ3) is 5.27. The van der Waals surface area contributed by atoms with Gasteiger partial charge in [0.25, 0.3) is 5.91 Å². The fourth-order valence-corrected chi connectivity index (χ4v) is 3.81. The Labute approximate surface area is 191 Å². The molecule has 31 heavy (non-hydrogen) atoms. The van der Waals surface area contributed by atoms with Crippen LogP contribution in [0, 0.1) is 6.92 Å². The summed E-state index contributed by atoms with van der Waals surface area (Å²) in [6.07, 6.45) is 0. The van der Waals surface area contributed by atoms with Crippen molar-refractivity contribution in [2.24, 2.45) is 0 Å². The smallest absolute Gasteiger partial charge is 0.260 e. The van der Waals surface area contributed by atoms with Gasteiger partial charge in [0.05, 0.1) is 10.7 Å². The fraction of sp³-hybridized carbons (Fsp3) is 0.261. The van der Waals surface area contributed by atoms with Crippen molar-refractivity contribution in [3.05, 3.63) is 70.5 Å². The lowest BCUT2D eigenvalue weighted by atomic mass is 10.1. The summed E-state index contributed by atoms with van der Waals surface area (Å²) in [6.45, 7) is 4.38. The summed E-state index contributed by atoms with van der Waals surface area (Å²) in [5.74, 6) is 1.92. The van der Waals surface area contributed by atoms with Gasteiger partial charge in [-0.15, -0.1) is 0 Å². The number of hydrogen-bond acceptors (Lipinski definition) is 5. The summed E-state index contributed by atoms with van der Waals surface area (Å²) in [4.78, 5) is 25.7. The van der Waals surface area contributed by atoms with Crippen LogP contribution in [-0.2, 0) is 4.79 Å². The number of benzene rings is 2. The summed E-state index contributed by atoms with van der Waals surface area (Å²) < 4.78 is 5.58. The van der Waals surface area contributed by atoms with E-state index in [1.165, 1.54) is 0 Å². The van der Waals surface area contributed by atoms with E-state index in [9.17, 15) is 4.79 Å². The summed E-state index contributed by atoms with van der Waals surface area (Å²) in [7, 11) is 0. The van der Waals surface area contributed by atoms with Crippen molar-refractivity contribution in [3.8, 4) is 17.0 Å². The predicted octanol–water partition coefficient (Wildman–Crippen LogP) is 4.49. The highest BCUT2D eigenvalue weighted by atomic mass is 35.5. The van der Waals surface area contributed by atoms with Crippen molar-refractivity contribution in [1.82, 2.24) is 14.9 Å². The molecule has 0 bridgehead atoms. The number of aryl methyl sites for hydroxylation is 1. The summed E-state index contributed by atoms with van der Waals surface area (Å²) in [5, 5.41) is 0.936. The van der Waals surface area contributed by atoms with Crippen molar-refractivity contribution in [3.63, 3.8) is 0 Å². The molecule has 0 saturated carbocycles. The number of aromatic nitrogens is 2. The van der Waals surface area contributed by atoms with Gasteiger partial charge in [-0.25, -0.2) is 9.97 Å². The van der Waals surface area contributed by atoms with Crippen LogP contribution in [0.1, 0.15) is 5.82 Å². The van der Waals surface area contributed by atoms with Crippen molar-refractivity contribution < 1.29 is 9.53 Å². The van der Waals surface area contributed by atoms with Gasteiger partial charge in [0.1, 0.15) is 17.4 Å². The van der Waals surface area contributed by atoms with E-state index in [0.29, 0.717) is 42.0 Å². The van der Waals surface area contributed by atoms with Gasteiger partial charge in [-0.1, -0.05) is 53.5 Å². The Kier molecular flexibility index (Phi) is 6.59. The highest BCUT2D eigenvalue weighted by Gasteiger charge is 2.23. The zero-order chi connectivity index (χ0) is 21.8. The lowest BCUT2D eigenvalue weighted by Crippen LogP contribution is -2.50. The molecular formula is C23H22Cl2N4O2. The number of amides is 1. The van der Waals surface area contributed by atoms with Crippen LogP contribution in [0.25, 0.3) is 11.3 Å². The molecule has 1 aliphatic rings. The first-order valence-electron chi connectivity index (χ1n) is 10.0. The van der Waals surface area contributed by atoms with Gasteiger partial charge in [0.15, 0.2) is 6.61 Å². The number of halogens is 2. The average molecular weight is 457 g/mol. The zero-order valence-corrected chi connectivity index (χ0v) is 18.6. The number of piperazine rings is 1. The molecule has 1 aliphatic heterocycles. The Morgan fingerprint density at radius 2 is 1.74 bits per heavy atom. The van der Waals surface area contributed by atoms with E-state index >= 15 is 0 Å². The summed E-state index contributed by atoms with van der Waals surface area (Å²) in [6, 6.07) is 17.0. The summed E-state index contributed by atoms with van der Waals surface area (Å²) >= 11 is 12.1. The second-order valence-corrected chi connectivity index (χ2v) is 8.10. The molecule has 2 heterocycles. The molecule has 1 aromatic heterocycles. The van der Waals surface area contributed by atoms with Gasteiger partial charge >= 0.3 is 0 Å². The normalized spacial score (nSPS) is 13.9. The topological polar surface area (TPSA) is 58.6 Å². The number of ether oxygens (including phenoxy) is 1. The lowest BCUT2D eigenvalue weighted by molar-refractivity contribution is -0.133. The first-order valence-corrected chi connectivity index (χ1v) is 10.8.